The third kappa shape index (κ3) is 7.29. The molecule has 0 unspecified atom stereocenters. The van der Waals surface area contributed by atoms with Crippen LogP contribution in [0.2, 0.25) is 0 Å². The first-order chi connectivity index (χ1) is 8.78. The van der Waals surface area contributed by atoms with Gasteiger partial charge in [-0.15, -0.1) is 0 Å². The van der Waals surface area contributed by atoms with Gasteiger partial charge < -0.3 is 15.0 Å². The fourth-order valence-corrected chi connectivity index (χ4v) is 1.69. The molecule has 1 N–H and O–H groups in total. The number of halogens is 4. The van der Waals surface area contributed by atoms with Crippen LogP contribution in [0.15, 0.2) is 24.3 Å². The van der Waals surface area contributed by atoms with Crippen molar-refractivity contribution in [1.29, 1.82) is 0 Å². The molecule has 1 aromatic carbocycles. The number of carbonyl (C=O) groups is 1. The Kier molecular flexibility index (Phi) is 6.79. The molecular formula is C11H12Cl3IN2O2. The number of hydrogen-bond acceptors (Lipinski definition) is 3. The van der Waals surface area contributed by atoms with Crippen LogP contribution in [-0.2, 0) is 4.74 Å². The second kappa shape index (κ2) is 7.61. The van der Waals surface area contributed by atoms with Crippen molar-refractivity contribution in [3.8, 4) is 0 Å². The number of anilines is 1. The van der Waals surface area contributed by atoms with Crippen LogP contribution in [0, 0.1) is 3.57 Å². The van der Waals surface area contributed by atoms with Gasteiger partial charge in [-0.1, -0.05) is 34.8 Å². The SMILES string of the molecule is CN(CNC(=O)OCC(Cl)(Cl)Cl)c1ccc(I)cc1. The minimum absolute atomic E-state index is 0.291. The summed E-state index contributed by atoms with van der Waals surface area (Å²) in [6.45, 7) is -0.00394. The van der Waals surface area contributed by atoms with Gasteiger partial charge in [-0.25, -0.2) is 4.79 Å². The minimum Gasteiger partial charge on any atom is -0.445 e. The highest BCUT2D eigenvalue weighted by atomic mass is 127. The Morgan fingerprint density at radius 3 is 2.47 bits per heavy atom. The van der Waals surface area contributed by atoms with E-state index >= 15 is 0 Å². The molecule has 0 saturated carbocycles. The highest BCUT2D eigenvalue weighted by molar-refractivity contribution is 14.1. The Hall–Kier alpha value is -0.110. The maximum Gasteiger partial charge on any atom is 0.408 e. The third-order valence-electron chi connectivity index (χ3n) is 2.09. The van der Waals surface area contributed by atoms with E-state index in [9.17, 15) is 4.79 Å². The number of rotatable bonds is 4. The minimum atomic E-state index is -1.60. The van der Waals surface area contributed by atoms with Crippen LogP contribution in [0.3, 0.4) is 0 Å². The molecule has 0 spiro atoms. The summed E-state index contributed by atoms with van der Waals surface area (Å²) in [7, 11) is 1.84. The zero-order valence-corrected chi connectivity index (χ0v) is 14.4. The zero-order chi connectivity index (χ0) is 14.5. The van der Waals surface area contributed by atoms with Crippen LogP contribution >= 0.6 is 57.4 Å². The van der Waals surface area contributed by atoms with Gasteiger partial charge >= 0.3 is 6.09 Å². The molecule has 0 aliphatic rings. The van der Waals surface area contributed by atoms with E-state index in [1.54, 1.807) is 0 Å². The molecule has 1 rings (SSSR count). The Bertz CT molecular complexity index is 423. The maximum absolute atomic E-state index is 11.3. The van der Waals surface area contributed by atoms with Gasteiger partial charge in [0, 0.05) is 16.3 Å². The smallest absolute Gasteiger partial charge is 0.408 e. The van der Waals surface area contributed by atoms with E-state index < -0.39 is 9.89 Å². The van der Waals surface area contributed by atoms with Crippen molar-refractivity contribution in [3.05, 3.63) is 27.8 Å². The van der Waals surface area contributed by atoms with E-state index in [4.69, 9.17) is 39.5 Å². The molecule has 8 heteroatoms. The number of benzene rings is 1. The van der Waals surface area contributed by atoms with Crippen LogP contribution in [0.5, 0.6) is 0 Å². The van der Waals surface area contributed by atoms with Gasteiger partial charge in [0.1, 0.15) is 6.61 Å². The molecule has 0 bridgehead atoms. The van der Waals surface area contributed by atoms with E-state index in [-0.39, 0.29) is 6.61 Å². The first-order valence-electron chi connectivity index (χ1n) is 5.22. The number of alkyl carbamates (subject to hydrolysis) is 1. The lowest BCUT2D eigenvalue weighted by Gasteiger charge is -2.20. The van der Waals surface area contributed by atoms with E-state index in [1.807, 2.05) is 36.2 Å². The van der Waals surface area contributed by atoms with E-state index in [0.29, 0.717) is 6.67 Å². The van der Waals surface area contributed by atoms with Crippen molar-refractivity contribution in [2.24, 2.45) is 0 Å². The maximum atomic E-state index is 11.3. The second-order valence-corrected chi connectivity index (χ2v) is 7.46. The topological polar surface area (TPSA) is 41.6 Å². The van der Waals surface area contributed by atoms with Crippen molar-refractivity contribution in [3.63, 3.8) is 0 Å². The summed E-state index contributed by atoms with van der Waals surface area (Å²) < 4.78 is 4.28. The van der Waals surface area contributed by atoms with Gasteiger partial charge in [0.25, 0.3) is 0 Å². The highest BCUT2D eigenvalue weighted by Crippen LogP contribution is 2.25. The Labute approximate surface area is 140 Å². The van der Waals surface area contributed by atoms with E-state index in [1.165, 1.54) is 0 Å². The molecule has 106 valence electrons. The molecule has 0 atom stereocenters. The number of alkyl halides is 3. The summed E-state index contributed by atoms with van der Waals surface area (Å²) in [5, 5.41) is 2.56. The molecule has 1 amide bonds. The van der Waals surface area contributed by atoms with Gasteiger partial charge in [0.15, 0.2) is 0 Å². The van der Waals surface area contributed by atoms with Crippen LogP contribution < -0.4 is 10.2 Å². The lowest BCUT2D eigenvalue weighted by atomic mass is 10.3. The first-order valence-corrected chi connectivity index (χ1v) is 7.43. The number of carbonyl (C=O) groups excluding carboxylic acids is 1. The fourth-order valence-electron chi connectivity index (χ4n) is 1.17. The average molecular weight is 437 g/mol. The molecular weight excluding hydrogens is 425 g/mol. The Morgan fingerprint density at radius 2 is 1.95 bits per heavy atom. The lowest BCUT2D eigenvalue weighted by molar-refractivity contribution is 0.148. The van der Waals surface area contributed by atoms with Crippen molar-refractivity contribution in [1.82, 2.24) is 5.32 Å². The van der Waals surface area contributed by atoms with Crippen molar-refractivity contribution >= 4 is 69.2 Å². The summed E-state index contributed by atoms with van der Waals surface area (Å²) in [6.07, 6.45) is -0.635. The molecule has 0 fully saturated rings. The number of nitrogens with zero attached hydrogens (tertiary/aromatic N) is 1. The van der Waals surface area contributed by atoms with Gasteiger partial charge in [0.05, 0.1) is 6.67 Å². The first kappa shape index (κ1) is 16.9. The predicted octanol–water partition coefficient (Wildman–Crippen LogP) is 3.78. The average Bonchev–Trinajstić information content (AvgIpc) is 2.33. The molecule has 0 aromatic heterocycles. The quantitative estimate of drug-likeness (QED) is 0.443. The molecule has 0 aliphatic carbocycles. The van der Waals surface area contributed by atoms with Crippen LogP contribution in [0.4, 0.5) is 10.5 Å². The zero-order valence-electron chi connectivity index (χ0n) is 10.00. The normalized spacial score (nSPS) is 11.0. The number of nitrogens with one attached hydrogen (secondary N) is 1. The summed E-state index contributed by atoms with van der Waals surface area (Å²) >= 11 is 18.6. The van der Waals surface area contributed by atoms with Crippen LogP contribution in [0.1, 0.15) is 0 Å². The van der Waals surface area contributed by atoms with Gasteiger partial charge in [-0.2, -0.15) is 0 Å². The Balaban J connectivity index is 2.35. The molecule has 0 aliphatic heterocycles. The lowest BCUT2D eigenvalue weighted by Crippen LogP contribution is -2.36. The van der Waals surface area contributed by atoms with E-state index in [2.05, 4.69) is 27.9 Å². The second-order valence-electron chi connectivity index (χ2n) is 3.70. The fraction of sp³-hybridized carbons (Fsp3) is 0.364. The van der Waals surface area contributed by atoms with Gasteiger partial charge in [-0.3, -0.25) is 0 Å². The highest BCUT2D eigenvalue weighted by Gasteiger charge is 2.22. The molecule has 0 saturated heterocycles. The summed E-state index contributed by atoms with van der Waals surface area (Å²) in [5.74, 6) is 0. The molecule has 19 heavy (non-hydrogen) atoms. The number of amides is 1. The third-order valence-corrected chi connectivity index (χ3v) is 3.14. The summed E-state index contributed by atoms with van der Waals surface area (Å²) in [5.41, 5.74) is 0.974. The standard InChI is InChI=1S/C11H12Cl3IN2O2/c1-17(9-4-2-8(15)3-5-9)7-16-10(18)19-6-11(12,13)14/h2-5H,6-7H2,1H3,(H,16,18). The number of hydrogen-bond donors (Lipinski definition) is 1. The summed E-state index contributed by atoms with van der Waals surface area (Å²) in [4.78, 5) is 13.2. The molecule has 1 aromatic rings. The largest absolute Gasteiger partial charge is 0.445 e. The van der Waals surface area contributed by atoms with Gasteiger partial charge in [0.2, 0.25) is 3.79 Å². The van der Waals surface area contributed by atoms with Crippen LogP contribution in [-0.4, -0.2) is 30.2 Å². The number of ether oxygens (including phenoxy) is 1. The van der Waals surface area contributed by atoms with E-state index in [0.717, 1.165) is 9.26 Å². The summed E-state index contributed by atoms with van der Waals surface area (Å²) in [6, 6.07) is 7.87. The van der Waals surface area contributed by atoms with Crippen LogP contribution in [0.25, 0.3) is 0 Å². The van der Waals surface area contributed by atoms with Gasteiger partial charge in [-0.05, 0) is 46.9 Å². The molecule has 4 nitrogen and oxygen atoms in total. The van der Waals surface area contributed by atoms with Crippen molar-refractivity contribution < 1.29 is 9.53 Å². The Morgan fingerprint density at radius 1 is 1.37 bits per heavy atom. The predicted molar refractivity (Wildman–Crippen MR) is 87.2 cm³/mol. The van der Waals surface area contributed by atoms with Crippen molar-refractivity contribution in [2.45, 2.75) is 3.79 Å². The molecule has 0 heterocycles. The van der Waals surface area contributed by atoms with Crippen molar-refractivity contribution in [2.75, 3.05) is 25.2 Å². The monoisotopic (exact) mass is 436 g/mol. The molecule has 0 radical (unpaired) electrons.